The van der Waals surface area contributed by atoms with Crippen LogP contribution in [0.15, 0.2) is 48.5 Å². The van der Waals surface area contributed by atoms with Crippen molar-refractivity contribution >= 4 is 11.6 Å². The van der Waals surface area contributed by atoms with Gasteiger partial charge in [-0.3, -0.25) is 5.10 Å². The third kappa shape index (κ3) is 3.15. The van der Waals surface area contributed by atoms with Crippen LogP contribution in [0.3, 0.4) is 0 Å². The first-order chi connectivity index (χ1) is 10.7. The molecule has 3 nitrogen and oxygen atoms in total. The van der Waals surface area contributed by atoms with E-state index in [9.17, 15) is 0 Å². The molecule has 0 atom stereocenters. The second kappa shape index (κ2) is 6.24. The molecule has 0 unspecified atom stereocenters. The molecule has 1 aromatic heterocycles. The number of ether oxygens (including phenoxy) is 1. The number of nitrogens with one attached hydrogen (secondary N) is 1. The minimum absolute atomic E-state index is 0.768. The predicted molar refractivity (Wildman–Crippen MR) is 89.6 cm³/mol. The molecular weight excluding hydrogens is 296 g/mol. The highest BCUT2D eigenvalue weighted by Crippen LogP contribution is 2.23. The summed E-state index contributed by atoms with van der Waals surface area (Å²) < 4.78 is 5.17. The zero-order valence-electron chi connectivity index (χ0n) is 12.6. The molecular formula is C18H17ClN2O. The third-order valence-electron chi connectivity index (χ3n) is 3.70. The van der Waals surface area contributed by atoms with Crippen LogP contribution in [0.2, 0.25) is 5.02 Å². The van der Waals surface area contributed by atoms with E-state index < -0.39 is 0 Å². The molecule has 1 heterocycles. The third-order valence-corrected chi connectivity index (χ3v) is 3.94. The summed E-state index contributed by atoms with van der Waals surface area (Å²) in [5.74, 6) is 0.844. The van der Waals surface area contributed by atoms with Crippen LogP contribution >= 0.6 is 11.6 Å². The van der Waals surface area contributed by atoms with Gasteiger partial charge >= 0.3 is 0 Å². The van der Waals surface area contributed by atoms with Crippen LogP contribution in [0.5, 0.6) is 5.75 Å². The molecule has 1 N–H and O–H groups in total. The highest BCUT2D eigenvalue weighted by atomic mass is 35.5. The lowest BCUT2D eigenvalue weighted by Crippen LogP contribution is -1.91. The summed E-state index contributed by atoms with van der Waals surface area (Å²) in [4.78, 5) is 0. The molecule has 4 heteroatoms. The molecule has 0 bridgehead atoms. The van der Waals surface area contributed by atoms with E-state index in [2.05, 4.69) is 29.3 Å². The van der Waals surface area contributed by atoms with Gasteiger partial charge in [-0.2, -0.15) is 5.10 Å². The van der Waals surface area contributed by atoms with E-state index >= 15 is 0 Å². The van der Waals surface area contributed by atoms with Crippen LogP contribution < -0.4 is 4.74 Å². The van der Waals surface area contributed by atoms with Crippen molar-refractivity contribution in [2.24, 2.45) is 0 Å². The average Bonchev–Trinajstić information content (AvgIpc) is 2.99. The van der Waals surface area contributed by atoms with Crippen LogP contribution in [-0.2, 0) is 6.42 Å². The van der Waals surface area contributed by atoms with Gasteiger partial charge in [0.15, 0.2) is 0 Å². The number of nitrogens with zero attached hydrogens (tertiary/aromatic N) is 1. The van der Waals surface area contributed by atoms with E-state index in [1.807, 2.05) is 36.4 Å². The molecule has 0 saturated heterocycles. The Morgan fingerprint density at radius 2 is 1.86 bits per heavy atom. The lowest BCUT2D eigenvalue weighted by molar-refractivity contribution is 0.415. The number of hydrogen-bond acceptors (Lipinski definition) is 2. The Morgan fingerprint density at radius 3 is 2.55 bits per heavy atom. The average molecular weight is 313 g/mol. The lowest BCUT2D eigenvalue weighted by atomic mass is 10.0. The molecule has 112 valence electrons. The van der Waals surface area contributed by atoms with Gasteiger partial charge in [0, 0.05) is 22.7 Å². The Balaban J connectivity index is 1.81. The largest absolute Gasteiger partial charge is 0.497 e. The molecule has 3 aromatic rings. The molecule has 0 spiro atoms. The molecule has 0 amide bonds. The predicted octanol–water partition coefficient (Wildman–Crippen LogP) is 4.64. The standard InChI is InChI=1S/C18H17ClN2O/c1-12-9-15(19)6-3-14(12)10-16-11-18(21-20-16)13-4-7-17(22-2)8-5-13/h3-9,11H,10H2,1-2H3,(H,20,21). The normalized spacial score (nSPS) is 10.7. The number of aromatic amines is 1. The second-order valence-corrected chi connectivity index (χ2v) is 5.69. The van der Waals surface area contributed by atoms with Crippen molar-refractivity contribution in [1.29, 1.82) is 0 Å². The Bertz CT molecular complexity index is 778. The van der Waals surface area contributed by atoms with Crippen molar-refractivity contribution in [2.75, 3.05) is 7.11 Å². The summed E-state index contributed by atoms with van der Waals surface area (Å²) in [5, 5.41) is 8.27. The minimum Gasteiger partial charge on any atom is -0.497 e. The Morgan fingerprint density at radius 1 is 1.09 bits per heavy atom. The Kier molecular flexibility index (Phi) is 4.16. The molecule has 2 aromatic carbocycles. The van der Waals surface area contributed by atoms with Gasteiger partial charge in [0.25, 0.3) is 0 Å². The molecule has 0 saturated carbocycles. The number of hydrogen-bond donors (Lipinski definition) is 1. The van der Waals surface area contributed by atoms with E-state index in [1.54, 1.807) is 7.11 Å². The van der Waals surface area contributed by atoms with Crippen molar-refractivity contribution in [3.05, 3.63) is 70.4 Å². The van der Waals surface area contributed by atoms with Gasteiger partial charge in [-0.25, -0.2) is 0 Å². The summed E-state index contributed by atoms with van der Waals surface area (Å²) >= 11 is 6.00. The molecule has 0 aliphatic rings. The fourth-order valence-electron chi connectivity index (χ4n) is 2.42. The maximum atomic E-state index is 6.00. The highest BCUT2D eigenvalue weighted by Gasteiger charge is 2.07. The van der Waals surface area contributed by atoms with Gasteiger partial charge in [0.1, 0.15) is 5.75 Å². The quantitative estimate of drug-likeness (QED) is 0.762. The van der Waals surface area contributed by atoms with Crippen LogP contribution in [0.25, 0.3) is 11.3 Å². The first-order valence-corrected chi connectivity index (χ1v) is 7.47. The van der Waals surface area contributed by atoms with Crippen LogP contribution in [-0.4, -0.2) is 17.3 Å². The molecule has 0 radical (unpaired) electrons. The Hall–Kier alpha value is -2.26. The number of H-pyrrole nitrogens is 1. The summed E-state index contributed by atoms with van der Waals surface area (Å²) in [6.07, 6.45) is 0.812. The van der Waals surface area contributed by atoms with Gasteiger partial charge in [0.05, 0.1) is 12.8 Å². The van der Waals surface area contributed by atoms with E-state index in [1.165, 1.54) is 11.1 Å². The number of rotatable bonds is 4. The molecule has 0 aliphatic carbocycles. The first kappa shape index (κ1) is 14.7. The van der Waals surface area contributed by atoms with Crippen LogP contribution in [0.1, 0.15) is 16.8 Å². The molecule has 22 heavy (non-hydrogen) atoms. The molecule has 3 rings (SSSR count). The fraction of sp³-hybridized carbons (Fsp3) is 0.167. The van der Waals surface area contributed by atoms with Crippen molar-refractivity contribution < 1.29 is 4.74 Å². The zero-order chi connectivity index (χ0) is 15.5. The molecule has 0 fully saturated rings. The number of benzene rings is 2. The highest BCUT2D eigenvalue weighted by molar-refractivity contribution is 6.30. The summed E-state index contributed by atoms with van der Waals surface area (Å²) in [5.41, 5.74) is 5.51. The van der Waals surface area contributed by atoms with Gasteiger partial charge in [-0.15, -0.1) is 0 Å². The zero-order valence-corrected chi connectivity index (χ0v) is 13.3. The fourth-order valence-corrected chi connectivity index (χ4v) is 2.65. The van der Waals surface area contributed by atoms with Crippen molar-refractivity contribution in [1.82, 2.24) is 10.2 Å². The second-order valence-electron chi connectivity index (χ2n) is 5.25. The van der Waals surface area contributed by atoms with Crippen molar-refractivity contribution in [2.45, 2.75) is 13.3 Å². The Labute approximate surface area is 134 Å². The van der Waals surface area contributed by atoms with E-state index in [0.717, 1.165) is 34.1 Å². The monoisotopic (exact) mass is 312 g/mol. The minimum atomic E-state index is 0.768. The summed E-state index contributed by atoms with van der Waals surface area (Å²) in [6.45, 7) is 2.07. The van der Waals surface area contributed by atoms with Crippen LogP contribution in [0.4, 0.5) is 0 Å². The SMILES string of the molecule is COc1ccc(-c2cc(Cc3ccc(Cl)cc3C)[nH]n2)cc1. The lowest BCUT2D eigenvalue weighted by Gasteiger charge is -2.04. The summed E-state index contributed by atoms with van der Waals surface area (Å²) in [6, 6.07) is 15.9. The van der Waals surface area contributed by atoms with Crippen LogP contribution in [0, 0.1) is 6.92 Å². The topological polar surface area (TPSA) is 37.9 Å². The molecule has 0 aliphatic heterocycles. The number of aromatic nitrogens is 2. The van der Waals surface area contributed by atoms with Gasteiger partial charge in [-0.05, 0) is 60.5 Å². The smallest absolute Gasteiger partial charge is 0.118 e. The maximum Gasteiger partial charge on any atom is 0.118 e. The van der Waals surface area contributed by atoms with E-state index in [-0.39, 0.29) is 0 Å². The van der Waals surface area contributed by atoms with Gasteiger partial charge < -0.3 is 4.74 Å². The van der Waals surface area contributed by atoms with Gasteiger partial charge in [0.2, 0.25) is 0 Å². The first-order valence-electron chi connectivity index (χ1n) is 7.09. The van der Waals surface area contributed by atoms with E-state index in [4.69, 9.17) is 16.3 Å². The maximum absolute atomic E-state index is 6.00. The number of halogens is 1. The number of methoxy groups -OCH3 is 1. The summed E-state index contributed by atoms with van der Waals surface area (Å²) in [7, 11) is 1.66. The number of aryl methyl sites for hydroxylation is 1. The van der Waals surface area contributed by atoms with Crippen molar-refractivity contribution in [3.8, 4) is 17.0 Å². The van der Waals surface area contributed by atoms with E-state index in [0.29, 0.717) is 0 Å². The van der Waals surface area contributed by atoms with Gasteiger partial charge in [-0.1, -0.05) is 17.7 Å². The van der Waals surface area contributed by atoms with Crippen molar-refractivity contribution in [3.63, 3.8) is 0 Å².